The highest BCUT2D eigenvalue weighted by atomic mass is 16.5. The normalized spacial score (nSPS) is 15.0. The maximum atomic E-state index is 12.3. The number of carbonyl (C=O) groups excluding carboxylic acids is 1. The lowest BCUT2D eigenvalue weighted by Gasteiger charge is -2.31. The smallest absolute Gasteiger partial charge is 0.321 e. The number of likely N-dealkylation sites (tertiary alicyclic amines) is 1. The first kappa shape index (κ1) is 17.3. The first-order valence-corrected chi connectivity index (χ1v) is 8.68. The van der Waals surface area contributed by atoms with E-state index in [4.69, 9.17) is 9.84 Å². The Balaban J connectivity index is 1.48. The number of aliphatic hydroxyl groups is 1. The first-order valence-electron chi connectivity index (χ1n) is 8.68. The molecule has 5 nitrogen and oxygen atoms in total. The van der Waals surface area contributed by atoms with E-state index in [0.29, 0.717) is 25.6 Å². The maximum Gasteiger partial charge on any atom is 0.321 e. The van der Waals surface area contributed by atoms with Gasteiger partial charge in [-0.2, -0.15) is 0 Å². The van der Waals surface area contributed by atoms with Crippen molar-refractivity contribution in [3.8, 4) is 5.75 Å². The second-order valence-electron chi connectivity index (χ2n) is 6.34. The van der Waals surface area contributed by atoms with Crippen LogP contribution in [0, 0.1) is 5.92 Å². The van der Waals surface area contributed by atoms with Crippen LogP contribution in [0.1, 0.15) is 18.4 Å². The van der Waals surface area contributed by atoms with E-state index >= 15 is 0 Å². The van der Waals surface area contributed by atoms with Crippen molar-refractivity contribution >= 4 is 11.7 Å². The summed E-state index contributed by atoms with van der Waals surface area (Å²) in [6, 6.07) is 17.3. The number of carbonyl (C=O) groups is 1. The Morgan fingerprint density at radius 2 is 1.76 bits per heavy atom. The molecule has 25 heavy (non-hydrogen) atoms. The maximum absolute atomic E-state index is 12.3. The van der Waals surface area contributed by atoms with Crippen LogP contribution in [0.25, 0.3) is 0 Å². The van der Waals surface area contributed by atoms with Crippen LogP contribution in [0.2, 0.25) is 0 Å². The number of aliphatic hydroxyl groups excluding tert-OH is 1. The number of amides is 2. The highest BCUT2D eigenvalue weighted by molar-refractivity contribution is 5.89. The van der Waals surface area contributed by atoms with Gasteiger partial charge >= 0.3 is 6.03 Å². The molecule has 0 aromatic heterocycles. The Hall–Kier alpha value is -2.53. The minimum atomic E-state index is -0.0790. The lowest BCUT2D eigenvalue weighted by atomic mass is 9.98. The fourth-order valence-electron chi connectivity index (χ4n) is 2.89. The zero-order chi connectivity index (χ0) is 17.5. The second-order valence-corrected chi connectivity index (χ2v) is 6.34. The van der Waals surface area contributed by atoms with E-state index in [0.717, 1.165) is 29.8 Å². The molecule has 2 amide bonds. The van der Waals surface area contributed by atoms with Gasteiger partial charge in [0, 0.05) is 25.4 Å². The molecule has 5 heteroatoms. The standard InChI is InChI=1S/C20H24N2O3/c23-14-16-10-12-22(13-11-16)20(24)21-18-8-6-17(7-9-18)15-25-19-4-2-1-3-5-19/h1-9,16,23H,10-15H2,(H,21,24). The Morgan fingerprint density at radius 1 is 1.08 bits per heavy atom. The molecular weight excluding hydrogens is 316 g/mol. The molecule has 0 radical (unpaired) electrons. The van der Waals surface area contributed by atoms with Gasteiger partial charge in [0.1, 0.15) is 12.4 Å². The van der Waals surface area contributed by atoms with E-state index in [1.165, 1.54) is 0 Å². The van der Waals surface area contributed by atoms with Gasteiger partial charge in [-0.05, 0) is 48.6 Å². The molecule has 2 N–H and O–H groups in total. The van der Waals surface area contributed by atoms with Crippen molar-refractivity contribution in [1.82, 2.24) is 4.90 Å². The molecule has 2 aromatic rings. The van der Waals surface area contributed by atoms with Crippen molar-refractivity contribution in [2.75, 3.05) is 25.0 Å². The number of piperidine rings is 1. The Bertz CT molecular complexity index is 665. The quantitative estimate of drug-likeness (QED) is 0.876. The average molecular weight is 340 g/mol. The molecule has 3 rings (SSSR count). The van der Waals surface area contributed by atoms with Crippen LogP contribution in [0.4, 0.5) is 10.5 Å². The van der Waals surface area contributed by atoms with Crippen LogP contribution < -0.4 is 10.1 Å². The molecule has 132 valence electrons. The number of hydrogen-bond acceptors (Lipinski definition) is 3. The fourth-order valence-corrected chi connectivity index (χ4v) is 2.89. The zero-order valence-electron chi connectivity index (χ0n) is 14.2. The fraction of sp³-hybridized carbons (Fsp3) is 0.350. The van der Waals surface area contributed by atoms with Gasteiger partial charge in [0.2, 0.25) is 0 Å². The number of nitrogens with zero attached hydrogens (tertiary/aromatic N) is 1. The van der Waals surface area contributed by atoms with Gasteiger partial charge in [0.15, 0.2) is 0 Å². The van der Waals surface area contributed by atoms with Crippen molar-refractivity contribution in [3.63, 3.8) is 0 Å². The van der Waals surface area contributed by atoms with E-state index in [1.807, 2.05) is 54.6 Å². The van der Waals surface area contributed by atoms with Crippen molar-refractivity contribution in [2.24, 2.45) is 5.92 Å². The third-order valence-corrected chi connectivity index (χ3v) is 4.51. The monoisotopic (exact) mass is 340 g/mol. The highest BCUT2D eigenvalue weighted by Crippen LogP contribution is 2.18. The second kappa shape index (κ2) is 8.53. The van der Waals surface area contributed by atoms with Crippen LogP contribution in [-0.4, -0.2) is 35.7 Å². The summed E-state index contributed by atoms with van der Waals surface area (Å²) in [6.07, 6.45) is 1.72. The SMILES string of the molecule is O=C(Nc1ccc(COc2ccccc2)cc1)N1CCC(CO)CC1. The Labute approximate surface area is 148 Å². The Morgan fingerprint density at radius 3 is 2.40 bits per heavy atom. The summed E-state index contributed by atoms with van der Waals surface area (Å²) in [5, 5.41) is 12.1. The molecule has 0 aliphatic carbocycles. The van der Waals surface area contributed by atoms with E-state index in [-0.39, 0.29) is 12.6 Å². The predicted molar refractivity (Wildman–Crippen MR) is 97.6 cm³/mol. The highest BCUT2D eigenvalue weighted by Gasteiger charge is 2.22. The van der Waals surface area contributed by atoms with E-state index in [9.17, 15) is 4.79 Å². The van der Waals surface area contributed by atoms with Gasteiger partial charge in [-0.15, -0.1) is 0 Å². The average Bonchev–Trinajstić information content (AvgIpc) is 2.68. The lowest BCUT2D eigenvalue weighted by Crippen LogP contribution is -2.41. The van der Waals surface area contributed by atoms with Crippen molar-refractivity contribution < 1.29 is 14.6 Å². The van der Waals surface area contributed by atoms with Gasteiger partial charge in [-0.25, -0.2) is 4.79 Å². The number of anilines is 1. The molecule has 1 aliphatic heterocycles. The number of para-hydroxylation sites is 1. The number of urea groups is 1. The minimum absolute atomic E-state index is 0.0790. The van der Waals surface area contributed by atoms with E-state index < -0.39 is 0 Å². The number of ether oxygens (including phenoxy) is 1. The third-order valence-electron chi connectivity index (χ3n) is 4.51. The molecule has 1 saturated heterocycles. The summed E-state index contributed by atoms with van der Waals surface area (Å²) in [5.74, 6) is 1.17. The van der Waals surface area contributed by atoms with Crippen LogP contribution in [-0.2, 0) is 6.61 Å². The van der Waals surface area contributed by atoms with Crippen LogP contribution in [0.15, 0.2) is 54.6 Å². The van der Waals surface area contributed by atoms with Gasteiger partial charge in [0.05, 0.1) is 0 Å². The van der Waals surface area contributed by atoms with Crippen LogP contribution in [0.3, 0.4) is 0 Å². The zero-order valence-corrected chi connectivity index (χ0v) is 14.2. The molecule has 0 bridgehead atoms. The lowest BCUT2D eigenvalue weighted by molar-refractivity contribution is 0.143. The molecule has 0 unspecified atom stereocenters. The summed E-state index contributed by atoms with van der Waals surface area (Å²) in [6.45, 7) is 2.09. The molecule has 0 spiro atoms. The summed E-state index contributed by atoms with van der Waals surface area (Å²) in [7, 11) is 0. The number of hydrogen-bond donors (Lipinski definition) is 2. The molecular formula is C20H24N2O3. The molecule has 1 fully saturated rings. The van der Waals surface area contributed by atoms with Crippen LogP contribution in [0.5, 0.6) is 5.75 Å². The summed E-state index contributed by atoms with van der Waals surface area (Å²) in [4.78, 5) is 14.1. The van der Waals surface area contributed by atoms with Crippen molar-refractivity contribution in [2.45, 2.75) is 19.4 Å². The molecule has 1 heterocycles. The summed E-state index contributed by atoms with van der Waals surface area (Å²) in [5.41, 5.74) is 1.82. The van der Waals surface area contributed by atoms with Crippen LogP contribution >= 0.6 is 0 Å². The molecule has 1 aliphatic rings. The van der Waals surface area contributed by atoms with Crippen molar-refractivity contribution in [3.05, 3.63) is 60.2 Å². The van der Waals surface area contributed by atoms with Gasteiger partial charge in [-0.1, -0.05) is 30.3 Å². The predicted octanol–water partition coefficient (Wildman–Crippen LogP) is 3.50. The van der Waals surface area contributed by atoms with E-state index in [1.54, 1.807) is 4.90 Å². The van der Waals surface area contributed by atoms with Crippen molar-refractivity contribution in [1.29, 1.82) is 0 Å². The topological polar surface area (TPSA) is 61.8 Å². The number of rotatable bonds is 5. The number of benzene rings is 2. The molecule has 0 atom stereocenters. The van der Waals surface area contributed by atoms with Gasteiger partial charge in [0.25, 0.3) is 0 Å². The molecule has 2 aromatic carbocycles. The number of nitrogens with one attached hydrogen (secondary N) is 1. The Kier molecular flexibility index (Phi) is 5.90. The largest absolute Gasteiger partial charge is 0.489 e. The van der Waals surface area contributed by atoms with Gasteiger partial charge < -0.3 is 20.1 Å². The molecule has 0 saturated carbocycles. The van der Waals surface area contributed by atoms with Gasteiger partial charge in [-0.3, -0.25) is 0 Å². The summed E-state index contributed by atoms with van der Waals surface area (Å²) >= 11 is 0. The first-order chi connectivity index (χ1) is 12.2. The van der Waals surface area contributed by atoms with E-state index in [2.05, 4.69) is 5.32 Å². The third kappa shape index (κ3) is 4.97. The minimum Gasteiger partial charge on any atom is -0.489 e. The summed E-state index contributed by atoms with van der Waals surface area (Å²) < 4.78 is 5.71.